The monoisotopic (exact) mass is 498 g/mol. The lowest BCUT2D eigenvalue weighted by Gasteiger charge is -2.26. The summed E-state index contributed by atoms with van der Waals surface area (Å²) in [6, 6.07) is 22.8. The van der Waals surface area contributed by atoms with Crippen LogP contribution in [0, 0.1) is 0 Å². The number of aromatic nitrogens is 1. The normalized spacial score (nSPS) is 15.3. The summed E-state index contributed by atoms with van der Waals surface area (Å²) in [4.78, 5) is 1.40. The van der Waals surface area contributed by atoms with E-state index in [4.69, 9.17) is 12.2 Å². The molecule has 1 aromatic heterocycles. The fourth-order valence-electron chi connectivity index (χ4n) is 5.16. The Labute approximate surface area is 217 Å². The molecule has 184 valence electrons. The predicted octanol–water partition coefficient (Wildman–Crippen LogP) is 5.55. The van der Waals surface area contributed by atoms with Gasteiger partial charge in [-0.1, -0.05) is 74.5 Å². The molecule has 0 saturated carbocycles. The number of benzene rings is 3. The molecule has 6 nitrogen and oxygen atoms in total. The Hall–Kier alpha value is -3.55. The largest absolute Gasteiger partial charge is 0.493 e. The minimum Gasteiger partial charge on any atom is -0.493 e. The van der Waals surface area contributed by atoms with Crippen LogP contribution in [0.3, 0.4) is 0 Å². The lowest BCUT2D eigenvalue weighted by atomic mass is 10.0. The van der Waals surface area contributed by atoms with Gasteiger partial charge in [-0.15, -0.1) is 10.2 Å². The molecular formula is C29H32N5OS+. The average Bonchev–Trinajstić information content (AvgIpc) is 3.17. The molecule has 0 bridgehead atoms. The van der Waals surface area contributed by atoms with E-state index in [9.17, 15) is 5.11 Å². The second kappa shape index (κ2) is 10.6. The second-order valence-corrected chi connectivity index (χ2v) is 9.65. The van der Waals surface area contributed by atoms with Gasteiger partial charge < -0.3 is 15.3 Å². The Balaban J connectivity index is 1.40. The summed E-state index contributed by atoms with van der Waals surface area (Å²) in [5.74, 6) is 0.123. The summed E-state index contributed by atoms with van der Waals surface area (Å²) < 4.78 is 1.95. The average molecular weight is 499 g/mol. The van der Waals surface area contributed by atoms with E-state index in [-0.39, 0.29) is 11.0 Å². The first-order valence-corrected chi connectivity index (χ1v) is 13.0. The standard InChI is InChI=1S/C29H31N5OS/c1-3-20-12-9-13-21(4-2)26(20)30-29(36)32-31-27-24-14-7-8-15-25(24)34(28(27)35)19-33-17-16-22-10-5-6-11-23(22)18-33/h5-15,35H,3-4,16-19H2,1-2H3,(H,30,36)/p+1. The highest BCUT2D eigenvalue weighted by Gasteiger charge is 2.23. The lowest BCUT2D eigenvalue weighted by molar-refractivity contribution is -0.938. The third-order valence-electron chi connectivity index (χ3n) is 7.08. The van der Waals surface area contributed by atoms with E-state index in [0.29, 0.717) is 12.4 Å². The van der Waals surface area contributed by atoms with Gasteiger partial charge in [-0.2, -0.15) is 0 Å². The van der Waals surface area contributed by atoms with E-state index >= 15 is 0 Å². The van der Waals surface area contributed by atoms with Crippen molar-refractivity contribution in [2.24, 2.45) is 10.2 Å². The van der Waals surface area contributed by atoms with E-state index in [1.807, 2.05) is 28.8 Å². The van der Waals surface area contributed by atoms with Gasteiger partial charge in [0.15, 0.2) is 12.4 Å². The zero-order chi connectivity index (χ0) is 25.1. The van der Waals surface area contributed by atoms with Crippen LogP contribution in [0.15, 0.2) is 77.0 Å². The molecule has 5 rings (SSSR count). The van der Waals surface area contributed by atoms with Crippen molar-refractivity contribution in [3.63, 3.8) is 0 Å². The smallest absolute Gasteiger partial charge is 0.225 e. The Morgan fingerprint density at radius 3 is 2.42 bits per heavy atom. The van der Waals surface area contributed by atoms with Crippen molar-refractivity contribution in [2.45, 2.75) is 46.3 Å². The van der Waals surface area contributed by atoms with Crippen LogP contribution in [0.2, 0.25) is 0 Å². The maximum Gasteiger partial charge on any atom is 0.225 e. The predicted molar refractivity (Wildman–Crippen MR) is 149 cm³/mol. The van der Waals surface area contributed by atoms with Gasteiger partial charge in [0.05, 0.1) is 12.1 Å². The van der Waals surface area contributed by atoms with Gasteiger partial charge in [-0.25, -0.2) is 0 Å². The van der Waals surface area contributed by atoms with Crippen molar-refractivity contribution >= 4 is 39.6 Å². The van der Waals surface area contributed by atoms with Gasteiger partial charge >= 0.3 is 0 Å². The van der Waals surface area contributed by atoms with Gasteiger partial charge in [-0.05, 0) is 47.8 Å². The second-order valence-electron chi connectivity index (χ2n) is 9.26. The van der Waals surface area contributed by atoms with Crippen LogP contribution in [0.1, 0.15) is 36.1 Å². The van der Waals surface area contributed by atoms with Crippen LogP contribution in [-0.2, 0) is 32.5 Å². The van der Waals surface area contributed by atoms with E-state index in [1.165, 1.54) is 27.2 Å². The summed E-state index contributed by atoms with van der Waals surface area (Å²) in [6.45, 7) is 6.86. The first kappa shape index (κ1) is 24.2. The molecule has 0 saturated heterocycles. The number of rotatable bonds is 6. The molecule has 3 N–H and O–H groups in total. The molecular weight excluding hydrogens is 466 g/mol. The number of azo groups is 1. The first-order chi connectivity index (χ1) is 17.6. The zero-order valence-electron chi connectivity index (χ0n) is 20.8. The van der Waals surface area contributed by atoms with Crippen molar-refractivity contribution < 1.29 is 10.0 Å². The number of aromatic hydroxyl groups is 1. The molecule has 0 amide bonds. The summed E-state index contributed by atoms with van der Waals surface area (Å²) in [6.07, 6.45) is 2.83. The van der Waals surface area contributed by atoms with Crippen molar-refractivity contribution in [1.29, 1.82) is 0 Å². The molecule has 0 fully saturated rings. The third-order valence-corrected chi connectivity index (χ3v) is 7.26. The van der Waals surface area contributed by atoms with Crippen LogP contribution < -0.4 is 10.2 Å². The van der Waals surface area contributed by atoms with Gasteiger partial charge in [0.2, 0.25) is 11.0 Å². The maximum atomic E-state index is 11.2. The number of quaternary nitrogens is 1. The van der Waals surface area contributed by atoms with E-state index in [2.05, 4.69) is 71.9 Å². The maximum absolute atomic E-state index is 11.2. The molecule has 0 spiro atoms. The molecule has 36 heavy (non-hydrogen) atoms. The van der Waals surface area contributed by atoms with Crippen molar-refractivity contribution in [3.8, 4) is 5.88 Å². The summed E-state index contributed by atoms with van der Waals surface area (Å²) in [5, 5.41) is 24.4. The number of nitrogens with one attached hydrogen (secondary N) is 2. The lowest BCUT2D eigenvalue weighted by Crippen LogP contribution is -3.11. The van der Waals surface area contributed by atoms with Crippen molar-refractivity contribution in [1.82, 2.24) is 4.57 Å². The molecule has 0 aliphatic carbocycles. The first-order valence-electron chi connectivity index (χ1n) is 12.6. The minimum absolute atomic E-state index is 0.123. The van der Waals surface area contributed by atoms with E-state index in [1.54, 1.807) is 0 Å². The summed E-state index contributed by atoms with van der Waals surface area (Å²) in [7, 11) is 0. The Bertz CT molecular complexity index is 1420. The molecule has 1 unspecified atom stereocenters. The fourth-order valence-corrected chi connectivity index (χ4v) is 5.31. The van der Waals surface area contributed by atoms with Gasteiger partial charge in [0.1, 0.15) is 6.54 Å². The summed E-state index contributed by atoms with van der Waals surface area (Å²) >= 11 is 5.53. The van der Waals surface area contributed by atoms with Crippen molar-refractivity contribution in [3.05, 3.63) is 89.0 Å². The van der Waals surface area contributed by atoms with Gasteiger partial charge in [0.25, 0.3) is 0 Å². The zero-order valence-corrected chi connectivity index (χ0v) is 21.6. The highest BCUT2D eigenvalue weighted by molar-refractivity contribution is 7.80. The number of aryl methyl sites for hydroxylation is 2. The van der Waals surface area contributed by atoms with Crippen LogP contribution in [0.5, 0.6) is 5.88 Å². The molecule has 1 atom stereocenters. The topological polar surface area (TPSA) is 66.4 Å². The number of hydrogen-bond donors (Lipinski definition) is 3. The molecule has 1 aliphatic rings. The van der Waals surface area contributed by atoms with Crippen LogP contribution in [0.4, 0.5) is 11.4 Å². The van der Waals surface area contributed by atoms with Crippen LogP contribution in [-0.4, -0.2) is 21.3 Å². The van der Waals surface area contributed by atoms with Gasteiger partial charge in [-0.3, -0.25) is 4.57 Å². The quantitative estimate of drug-likeness (QED) is 0.241. The Kier molecular flexibility index (Phi) is 7.11. The molecule has 2 heterocycles. The van der Waals surface area contributed by atoms with Crippen molar-refractivity contribution in [2.75, 3.05) is 11.9 Å². The third kappa shape index (κ3) is 4.76. The highest BCUT2D eigenvalue weighted by atomic mass is 32.1. The molecule has 1 aliphatic heterocycles. The van der Waals surface area contributed by atoms with E-state index < -0.39 is 0 Å². The Morgan fingerprint density at radius 2 is 1.67 bits per heavy atom. The highest BCUT2D eigenvalue weighted by Crippen LogP contribution is 2.38. The molecule has 0 radical (unpaired) electrons. The number of hydrogen-bond acceptors (Lipinski definition) is 3. The van der Waals surface area contributed by atoms with Gasteiger partial charge in [0, 0.05) is 23.1 Å². The SMILES string of the molecule is CCc1cccc(CC)c1NC(=S)N=Nc1c(O)n(C[NH+]2CCc3ccccc3C2)c2ccccc12. The molecule has 3 aromatic carbocycles. The van der Waals surface area contributed by atoms with E-state index in [0.717, 1.165) is 48.9 Å². The van der Waals surface area contributed by atoms with Crippen LogP contribution in [0.25, 0.3) is 10.9 Å². The number of anilines is 1. The molecule has 7 heteroatoms. The summed E-state index contributed by atoms with van der Waals surface area (Å²) in [5.41, 5.74) is 7.59. The number of para-hydroxylation sites is 2. The minimum atomic E-state index is 0.123. The Morgan fingerprint density at radius 1 is 0.972 bits per heavy atom. The molecule has 4 aromatic rings. The van der Waals surface area contributed by atoms with Crippen LogP contribution >= 0.6 is 12.2 Å². The number of nitrogens with zero attached hydrogens (tertiary/aromatic N) is 3. The number of fused-ring (bicyclic) bond motifs is 2. The fraction of sp³-hybridized carbons (Fsp3) is 0.276. The number of thiocarbonyl (C=S) groups is 1.